The van der Waals surface area contributed by atoms with Crippen LogP contribution in [-0.4, -0.2) is 28.0 Å². The maximum absolute atomic E-state index is 11.3. The number of nitriles is 1. The van der Waals surface area contributed by atoms with Gasteiger partial charge in [-0.15, -0.1) is 0 Å². The van der Waals surface area contributed by atoms with E-state index in [1.165, 1.54) is 19.5 Å². The fourth-order valence-electron chi connectivity index (χ4n) is 1.33. The molecule has 0 spiro atoms. The van der Waals surface area contributed by atoms with Crippen LogP contribution in [0.1, 0.15) is 16.2 Å². The van der Waals surface area contributed by atoms with Crippen LogP contribution in [0.2, 0.25) is 0 Å². The van der Waals surface area contributed by atoms with Crippen LogP contribution in [0.25, 0.3) is 11.4 Å². The summed E-state index contributed by atoms with van der Waals surface area (Å²) in [5, 5.41) is 8.77. The van der Waals surface area contributed by atoms with Crippen LogP contribution in [0.4, 0.5) is 0 Å². The van der Waals surface area contributed by atoms with Crippen molar-refractivity contribution in [3.05, 3.63) is 42.0 Å². The Morgan fingerprint density at radius 3 is 2.83 bits per heavy atom. The molecule has 18 heavy (non-hydrogen) atoms. The molecule has 88 valence electrons. The minimum Gasteiger partial charge on any atom is -0.464 e. The van der Waals surface area contributed by atoms with Gasteiger partial charge in [0.1, 0.15) is 17.5 Å². The number of ether oxygens (including phenoxy) is 1. The van der Waals surface area contributed by atoms with E-state index in [4.69, 9.17) is 5.26 Å². The van der Waals surface area contributed by atoms with Gasteiger partial charge < -0.3 is 4.74 Å². The Bertz CT molecular complexity index is 634. The molecular weight excluding hydrogens is 232 g/mol. The molecule has 0 aliphatic heterocycles. The number of carbonyl (C=O) groups is 1. The topological polar surface area (TPSA) is 88.8 Å². The summed E-state index contributed by atoms with van der Waals surface area (Å²) in [7, 11) is 1.27. The van der Waals surface area contributed by atoms with Crippen LogP contribution < -0.4 is 0 Å². The number of rotatable bonds is 2. The van der Waals surface area contributed by atoms with Crippen molar-refractivity contribution >= 4 is 5.97 Å². The number of hydrogen-bond donors (Lipinski definition) is 0. The van der Waals surface area contributed by atoms with Crippen molar-refractivity contribution in [1.82, 2.24) is 15.0 Å². The van der Waals surface area contributed by atoms with Crippen LogP contribution in [0.3, 0.4) is 0 Å². The van der Waals surface area contributed by atoms with Crippen LogP contribution in [-0.2, 0) is 4.74 Å². The normalized spacial score (nSPS) is 9.56. The summed E-state index contributed by atoms with van der Waals surface area (Å²) < 4.78 is 4.56. The standard InChI is InChI=1S/C12H8N4O2/c1-18-12(17)11-7-14-6-10(16-11)9-4-2-3-8(5-13)15-9/h2-4,6-7H,1H3. The molecule has 2 aromatic rings. The van der Waals surface area contributed by atoms with Crippen LogP contribution in [0.5, 0.6) is 0 Å². The molecular formula is C12H8N4O2. The average Bonchev–Trinajstić information content (AvgIpc) is 2.46. The average molecular weight is 240 g/mol. The lowest BCUT2D eigenvalue weighted by atomic mass is 10.2. The van der Waals surface area contributed by atoms with Gasteiger partial charge in [0.2, 0.25) is 0 Å². The van der Waals surface area contributed by atoms with Crippen molar-refractivity contribution in [2.45, 2.75) is 0 Å². The van der Waals surface area contributed by atoms with E-state index in [0.717, 1.165) is 0 Å². The summed E-state index contributed by atoms with van der Waals surface area (Å²) in [4.78, 5) is 23.4. The Balaban J connectivity index is 2.45. The zero-order chi connectivity index (χ0) is 13.0. The fraction of sp³-hybridized carbons (Fsp3) is 0.0833. The zero-order valence-corrected chi connectivity index (χ0v) is 9.49. The number of methoxy groups -OCH3 is 1. The summed E-state index contributed by atoms with van der Waals surface area (Å²) in [6.45, 7) is 0. The predicted octanol–water partition coefficient (Wildman–Crippen LogP) is 1.20. The Kier molecular flexibility index (Phi) is 3.25. The van der Waals surface area contributed by atoms with Crippen LogP contribution >= 0.6 is 0 Å². The first-order valence-electron chi connectivity index (χ1n) is 5.02. The maximum atomic E-state index is 11.3. The van der Waals surface area contributed by atoms with E-state index in [1.807, 2.05) is 6.07 Å². The molecule has 0 bridgehead atoms. The van der Waals surface area contributed by atoms with Crippen LogP contribution in [0.15, 0.2) is 30.6 Å². The Morgan fingerprint density at radius 2 is 2.11 bits per heavy atom. The highest BCUT2D eigenvalue weighted by Gasteiger charge is 2.10. The highest BCUT2D eigenvalue weighted by molar-refractivity contribution is 5.87. The van der Waals surface area contributed by atoms with Gasteiger partial charge in [0.15, 0.2) is 5.69 Å². The smallest absolute Gasteiger partial charge is 0.358 e. The molecule has 0 atom stereocenters. The maximum Gasteiger partial charge on any atom is 0.358 e. The summed E-state index contributed by atoms with van der Waals surface area (Å²) in [5.41, 5.74) is 1.26. The molecule has 0 radical (unpaired) electrons. The molecule has 0 aliphatic carbocycles. The Labute approximate surface area is 103 Å². The number of nitrogens with zero attached hydrogens (tertiary/aromatic N) is 4. The van der Waals surface area contributed by atoms with E-state index in [1.54, 1.807) is 18.2 Å². The number of esters is 1. The first-order chi connectivity index (χ1) is 8.74. The number of hydrogen-bond acceptors (Lipinski definition) is 6. The lowest BCUT2D eigenvalue weighted by molar-refractivity contribution is 0.0593. The molecule has 6 heteroatoms. The van der Waals surface area contributed by atoms with E-state index in [9.17, 15) is 4.79 Å². The third-order valence-electron chi connectivity index (χ3n) is 2.16. The predicted molar refractivity (Wildman–Crippen MR) is 61.3 cm³/mol. The van der Waals surface area contributed by atoms with Crippen molar-refractivity contribution < 1.29 is 9.53 Å². The minimum absolute atomic E-state index is 0.0964. The van der Waals surface area contributed by atoms with Gasteiger partial charge in [-0.2, -0.15) is 5.26 Å². The van der Waals surface area contributed by atoms with Gasteiger partial charge in [-0.25, -0.2) is 14.8 Å². The van der Waals surface area contributed by atoms with Crippen molar-refractivity contribution in [1.29, 1.82) is 5.26 Å². The molecule has 0 N–H and O–H groups in total. The first kappa shape index (κ1) is 11.7. The van der Waals surface area contributed by atoms with E-state index in [0.29, 0.717) is 11.4 Å². The van der Waals surface area contributed by atoms with Gasteiger partial charge >= 0.3 is 5.97 Å². The van der Waals surface area contributed by atoms with E-state index >= 15 is 0 Å². The van der Waals surface area contributed by atoms with Gasteiger partial charge in [-0.3, -0.25) is 4.98 Å². The Hall–Kier alpha value is -2.81. The van der Waals surface area contributed by atoms with E-state index < -0.39 is 5.97 Å². The van der Waals surface area contributed by atoms with Gasteiger partial charge in [0.05, 0.1) is 25.2 Å². The van der Waals surface area contributed by atoms with Gasteiger partial charge in [0.25, 0.3) is 0 Å². The quantitative estimate of drug-likeness (QED) is 0.732. The molecule has 0 unspecified atom stereocenters. The molecule has 0 saturated carbocycles. The lowest BCUT2D eigenvalue weighted by Gasteiger charge is -2.02. The molecule has 0 amide bonds. The second-order valence-electron chi connectivity index (χ2n) is 3.30. The second-order valence-corrected chi connectivity index (χ2v) is 3.30. The highest BCUT2D eigenvalue weighted by atomic mass is 16.5. The molecule has 2 aromatic heterocycles. The fourth-order valence-corrected chi connectivity index (χ4v) is 1.33. The van der Waals surface area contributed by atoms with Gasteiger partial charge in [0, 0.05) is 0 Å². The lowest BCUT2D eigenvalue weighted by Crippen LogP contribution is -2.06. The molecule has 2 rings (SSSR count). The molecule has 0 aliphatic rings. The largest absolute Gasteiger partial charge is 0.464 e. The highest BCUT2D eigenvalue weighted by Crippen LogP contribution is 2.14. The molecule has 2 heterocycles. The summed E-state index contributed by atoms with van der Waals surface area (Å²) in [6, 6.07) is 6.89. The van der Waals surface area contributed by atoms with Crippen molar-refractivity contribution in [2.24, 2.45) is 0 Å². The Morgan fingerprint density at radius 1 is 1.28 bits per heavy atom. The van der Waals surface area contributed by atoms with Gasteiger partial charge in [-0.1, -0.05) is 6.07 Å². The molecule has 0 fully saturated rings. The van der Waals surface area contributed by atoms with E-state index in [2.05, 4.69) is 19.7 Å². The monoisotopic (exact) mass is 240 g/mol. The minimum atomic E-state index is -0.569. The number of pyridine rings is 1. The summed E-state index contributed by atoms with van der Waals surface area (Å²) >= 11 is 0. The molecule has 0 aromatic carbocycles. The first-order valence-corrected chi connectivity index (χ1v) is 5.02. The molecule has 6 nitrogen and oxygen atoms in total. The molecule has 0 saturated heterocycles. The summed E-state index contributed by atoms with van der Waals surface area (Å²) in [5.74, 6) is -0.569. The van der Waals surface area contributed by atoms with Gasteiger partial charge in [-0.05, 0) is 12.1 Å². The van der Waals surface area contributed by atoms with Crippen LogP contribution in [0, 0.1) is 11.3 Å². The third-order valence-corrected chi connectivity index (χ3v) is 2.16. The second kappa shape index (κ2) is 5.01. The van der Waals surface area contributed by atoms with Crippen molar-refractivity contribution in [2.75, 3.05) is 7.11 Å². The third kappa shape index (κ3) is 2.30. The SMILES string of the molecule is COC(=O)c1cncc(-c2cccc(C#N)n2)n1. The summed E-state index contributed by atoms with van der Waals surface area (Å²) in [6.07, 6.45) is 2.78. The number of carbonyl (C=O) groups excluding carboxylic acids is 1. The zero-order valence-electron chi connectivity index (χ0n) is 9.49. The van der Waals surface area contributed by atoms with E-state index in [-0.39, 0.29) is 11.4 Å². The van der Waals surface area contributed by atoms with Crippen molar-refractivity contribution in [3.8, 4) is 17.5 Å². The number of aromatic nitrogens is 3. The van der Waals surface area contributed by atoms with Crippen molar-refractivity contribution in [3.63, 3.8) is 0 Å².